The zero-order chi connectivity index (χ0) is 17.7. The Bertz CT molecular complexity index is 673. The smallest absolute Gasteiger partial charge is 0.240 e. The predicted molar refractivity (Wildman–Crippen MR) is 98.8 cm³/mol. The minimum absolute atomic E-state index is 0.0165. The summed E-state index contributed by atoms with van der Waals surface area (Å²) in [6.45, 7) is 0. The monoisotopic (exact) mass is 364 g/mol. The molecule has 2 fully saturated rings. The van der Waals surface area contributed by atoms with Crippen LogP contribution in [0.25, 0.3) is 0 Å². The lowest BCUT2D eigenvalue weighted by Gasteiger charge is -2.22. The van der Waals surface area contributed by atoms with Crippen LogP contribution in [0.2, 0.25) is 0 Å². The summed E-state index contributed by atoms with van der Waals surface area (Å²) in [5, 5.41) is 2.87. The van der Waals surface area contributed by atoms with Crippen LogP contribution in [0.3, 0.4) is 0 Å². The molecule has 5 nitrogen and oxygen atoms in total. The van der Waals surface area contributed by atoms with Gasteiger partial charge in [0.2, 0.25) is 15.9 Å². The molecular formula is C19H28N2O3S. The van der Waals surface area contributed by atoms with E-state index in [0.29, 0.717) is 18.0 Å². The Labute approximate surface area is 150 Å². The molecule has 0 unspecified atom stereocenters. The second-order valence-corrected chi connectivity index (χ2v) is 9.10. The molecule has 0 aliphatic heterocycles. The van der Waals surface area contributed by atoms with Crippen molar-refractivity contribution >= 4 is 21.6 Å². The van der Waals surface area contributed by atoms with Gasteiger partial charge in [0.15, 0.2) is 0 Å². The van der Waals surface area contributed by atoms with E-state index in [1.807, 2.05) is 0 Å². The summed E-state index contributed by atoms with van der Waals surface area (Å²) >= 11 is 0. The van der Waals surface area contributed by atoms with E-state index in [-0.39, 0.29) is 16.8 Å². The zero-order valence-corrected chi connectivity index (χ0v) is 15.5. The molecule has 2 aliphatic carbocycles. The molecule has 2 aliphatic rings. The molecule has 0 spiro atoms. The highest BCUT2D eigenvalue weighted by Gasteiger charge is 2.22. The van der Waals surface area contributed by atoms with Gasteiger partial charge in [-0.05, 0) is 55.9 Å². The van der Waals surface area contributed by atoms with Crippen LogP contribution < -0.4 is 10.0 Å². The molecule has 0 saturated heterocycles. The summed E-state index contributed by atoms with van der Waals surface area (Å²) in [5.74, 6) is 0.516. The van der Waals surface area contributed by atoms with Crippen LogP contribution in [0, 0.1) is 5.92 Å². The third-order valence-corrected chi connectivity index (χ3v) is 6.86. The fraction of sp³-hybridized carbons (Fsp3) is 0.632. The molecule has 6 heteroatoms. The van der Waals surface area contributed by atoms with Crippen molar-refractivity contribution in [3.05, 3.63) is 24.3 Å². The fourth-order valence-electron chi connectivity index (χ4n) is 3.91. The second kappa shape index (κ2) is 8.32. The molecule has 1 amide bonds. The number of hydrogen-bond donors (Lipinski definition) is 2. The summed E-state index contributed by atoms with van der Waals surface area (Å²) in [6, 6.07) is 6.51. The lowest BCUT2D eigenvalue weighted by atomic mass is 9.96. The fourth-order valence-corrected chi connectivity index (χ4v) is 5.22. The minimum atomic E-state index is -3.49. The van der Waals surface area contributed by atoms with Crippen molar-refractivity contribution in [2.45, 2.75) is 75.1 Å². The average molecular weight is 365 g/mol. The lowest BCUT2D eigenvalue weighted by molar-refractivity contribution is -0.117. The molecule has 0 atom stereocenters. The molecule has 0 aromatic heterocycles. The first kappa shape index (κ1) is 18.4. The number of benzene rings is 1. The first-order valence-corrected chi connectivity index (χ1v) is 10.9. The predicted octanol–water partition coefficient (Wildman–Crippen LogP) is 3.82. The van der Waals surface area contributed by atoms with Gasteiger partial charge in [-0.3, -0.25) is 4.79 Å². The van der Waals surface area contributed by atoms with E-state index in [4.69, 9.17) is 0 Å². The molecule has 1 aromatic rings. The number of amides is 1. The van der Waals surface area contributed by atoms with Gasteiger partial charge in [-0.1, -0.05) is 32.1 Å². The number of hydrogen-bond acceptors (Lipinski definition) is 3. The Hall–Kier alpha value is -1.40. The lowest BCUT2D eigenvalue weighted by Crippen LogP contribution is -2.36. The first-order chi connectivity index (χ1) is 12.0. The largest absolute Gasteiger partial charge is 0.326 e. The van der Waals surface area contributed by atoms with E-state index < -0.39 is 10.0 Å². The molecular weight excluding hydrogens is 336 g/mol. The van der Waals surface area contributed by atoms with Crippen LogP contribution >= 0.6 is 0 Å². The standard InChI is InChI=1S/C19H28N2O3S/c22-19(14-15-6-4-5-7-15)20-16-10-12-18(13-11-16)25(23,24)21-17-8-2-1-3-9-17/h10-13,15,17,21H,1-9,14H2,(H,20,22). The Morgan fingerprint density at radius 3 is 2.16 bits per heavy atom. The molecule has 3 rings (SSSR count). The third-order valence-electron chi connectivity index (χ3n) is 5.32. The Balaban J connectivity index is 1.56. The van der Waals surface area contributed by atoms with Crippen LogP contribution in [0.5, 0.6) is 0 Å². The van der Waals surface area contributed by atoms with Crippen molar-refractivity contribution in [2.24, 2.45) is 5.92 Å². The number of nitrogens with one attached hydrogen (secondary N) is 2. The summed E-state index contributed by atoms with van der Waals surface area (Å²) in [4.78, 5) is 12.3. The number of carbonyl (C=O) groups is 1. The van der Waals surface area contributed by atoms with E-state index in [1.54, 1.807) is 24.3 Å². The summed E-state index contributed by atoms with van der Waals surface area (Å²) in [6.07, 6.45) is 10.4. The van der Waals surface area contributed by atoms with Crippen LogP contribution in [-0.4, -0.2) is 20.4 Å². The van der Waals surface area contributed by atoms with E-state index in [9.17, 15) is 13.2 Å². The highest BCUT2D eigenvalue weighted by Crippen LogP contribution is 2.28. The SMILES string of the molecule is O=C(CC1CCCC1)Nc1ccc(S(=O)(=O)NC2CCCCC2)cc1. The van der Waals surface area contributed by atoms with E-state index in [0.717, 1.165) is 38.5 Å². The minimum Gasteiger partial charge on any atom is -0.326 e. The number of rotatable bonds is 6. The average Bonchev–Trinajstić information content (AvgIpc) is 3.08. The van der Waals surface area contributed by atoms with Crippen molar-refractivity contribution in [1.82, 2.24) is 4.72 Å². The Morgan fingerprint density at radius 1 is 0.920 bits per heavy atom. The maximum absolute atomic E-state index is 12.5. The van der Waals surface area contributed by atoms with Gasteiger partial charge in [-0.15, -0.1) is 0 Å². The topological polar surface area (TPSA) is 75.3 Å². The molecule has 2 saturated carbocycles. The van der Waals surface area contributed by atoms with Gasteiger partial charge in [0.05, 0.1) is 4.90 Å². The van der Waals surface area contributed by atoms with Gasteiger partial charge in [0.1, 0.15) is 0 Å². The molecule has 2 N–H and O–H groups in total. The molecule has 138 valence electrons. The van der Waals surface area contributed by atoms with Crippen molar-refractivity contribution in [3.63, 3.8) is 0 Å². The van der Waals surface area contributed by atoms with Crippen molar-refractivity contribution < 1.29 is 13.2 Å². The highest BCUT2D eigenvalue weighted by atomic mass is 32.2. The van der Waals surface area contributed by atoms with Crippen LogP contribution in [-0.2, 0) is 14.8 Å². The van der Waals surface area contributed by atoms with E-state index in [1.165, 1.54) is 19.3 Å². The second-order valence-electron chi connectivity index (χ2n) is 7.38. The highest BCUT2D eigenvalue weighted by molar-refractivity contribution is 7.89. The van der Waals surface area contributed by atoms with Gasteiger partial charge in [0.25, 0.3) is 0 Å². The van der Waals surface area contributed by atoms with E-state index in [2.05, 4.69) is 10.0 Å². The van der Waals surface area contributed by atoms with Crippen molar-refractivity contribution in [2.75, 3.05) is 5.32 Å². The Morgan fingerprint density at radius 2 is 1.52 bits per heavy atom. The first-order valence-electron chi connectivity index (χ1n) is 9.45. The maximum Gasteiger partial charge on any atom is 0.240 e. The number of anilines is 1. The van der Waals surface area contributed by atoms with E-state index >= 15 is 0 Å². The number of sulfonamides is 1. The molecule has 0 bridgehead atoms. The molecule has 1 aromatic carbocycles. The van der Waals surface area contributed by atoms with Crippen LogP contribution in [0.15, 0.2) is 29.2 Å². The van der Waals surface area contributed by atoms with Crippen LogP contribution in [0.1, 0.15) is 64.2 Å². The normalized spacial score (nSPS) is 19.8. The molecule has 0 heterocycles. The van der Waals surface area contributed by atoms with Crippen molar-refractivity contribution in [1.29, 1.82) is 0 Å². The zero-order valence-electron chi connectivity index (χ0n) is 14.7. The third kappa shape index (κ3) is 5.28. The summed E-state index contributed by atoms with van der Waals surface area (Å²) in [5.41, 5.74) is 0.652. The number of carbonyl (C=O) groups excluding carboxylic acids is 1. The van der Waals surface area contributed by atoms with Gasteiger partial charge in [0, 0.05) is 18.2 Å². The van der Waals surface area contributed by atoms with Gasteiger partial charge < -0.3 is 5.32 Å². The van der Waals surface area contributed by atoms with Gasteiger partial charge >= 0.3 is 0 Å². The van der Waals surface area contributed by atoms with Gasteiger partial charge in [-0.2, -0.15) is 0 Å². The maximum atomic E-state index is 12.5. The summed E-state index contributed by atoms with van der Waals surface area (Å²) in [7, 11) is -3.49. The molecule has 25 heavy (non-hydrogen) atoms. The summed E-state index contributed by atoms with van der Waals surface area (Å²) < 4.78 is 27.7. The van der Waals surface area contributed by atoms with Crippen LogP contribution in [0.4, 0.5) is 5.69 Å². The molecule has 0 radical (unpaired) electrons. The Kier molecular flexibility index (Phi) is 6.12. The quantitative estimate of drug-likeness (QED) is 0.806. The van der Waals surface area contributed by atoms with Gasteiger partial charge in [-0.25, -0.2) is 13.1 Å². The van der Waals surface area contributed by atoms with Crippen molar-refractivity contribution in [3.8, 4) is 0 Å².